The van der Waals surface area contributed by atoms with Gasteiger partial charge in [0.05, 0.1) is 36.9 Å². The van der Waals surface area contributed by atoms with Gasteiger partial charge in [-0.25, -0.2) is 0 Å². The lowest BCUT2D eigenvalue weighted by atomic mass is 9.78. The first-order valence-corrected chi connectivity index (χ1v) is 8.11. The smallest absolute Gasteiger partial charge is 0.315 e. The van der Waals surface area contributed by atoms with E-state index in [1.807, 2.05) is 6.07 Å². The van der Waals surface area contributed by atoms with E-state index in [1.165, 1.54) is 19.9 Å². The fourth-order valence-corrected chi connectivity index (χ4v) is 4.19. The van der Waals surface area contributed by atoms with E-state index < -0.39 is 4.92 Å². The third-order valence-corrected chi connectivity index (χ3v) is 5.33. The van der Waals surface area contributed by atoms with Crippen LogP contribution in [0.5, 0.6) is 11.5 Å². The lowest BCUT2D eigenvalue weighted by Gasteiger charge is -2.45. The molecule has 1 N–H and O–H groups in total. The van der Waals surface area contributed by atoms with Crippen LogP contribution < -0.4 is 14.9 Å². The number of nitrogens with one attached hydrogen (secondary N) is 1. The number of hydrogen-bond donors (Lipinski definition) is 1. The summed E-state index contributed by atoms with van der Waals surface area (Å²) in [4.78, 5) is 13.4. The van der Waals surface area contributed by atoms with Crippen LogP contribution in [0.2, 0.25) is 0 Å². The van der Waals surface area contributed by atoms with Crippen LogP contribution in [-0.2, 0) is 0 Å². The minimum Gasteiger partial charge on any atom is -0.493 e. The number of ether oxygens (including phenoxy) is 2. The number of piperidine rings is 3. The lowest BCUT2D eigenvalue weighted by molar-refractivity contribution is -0.385. The molecule has 0 saturated carbocycles. The van der Waals surface area contributed by atoms with Crippen LogP contribution in [0, 0.1) is 16.0 Å². The van der Waals surface area contributed by atoms with Crippen LogP contribution in [0.4, 0.5) is 5.69 Å². The van der Waals surface area contributed by atoms with Gasteiger partial charge in [0.2, 0.25) is 5.75 Å². The Hall–Kier alpha value is -2.35. The monoisotopic (exact) mass is 332 g/mol. The number of nitrogens with zero attached hydrogens (tertiary/aromatic N) is 3. The molecule has 1 aromatic rings. The molecule has 0 aromatic heterocycles. The molecule has 3 saturated heterocycles. The van der Waals surface area contributed by atoms with Crippen molar-refractivity contribution in [3.8, 4) is 11.5 Å². The normalized spacial score (nSPS) is 30.3. The van der Waals surface area contributed by atoms with Crippen molar-refractivity contribution in [2.75, 3.05) is 27.3 Å². The van der Waals surface area contributed by atoms with Crippen molar-refractivity contribution in [1.29, 1.82) is 0 Å². The first-order chi connectivity index (χ1) is 11.6. The molecule has 1 aromatic carbocycles. The Morgan fingerprint density at radius 1 is 1.29 bits per heavy atom. The SMILES string of the molecule is COc1cc(C2NN=C3C4CCN(CC4)C32)cc([N+](=O)[O-])c1OC. The summed E-state index contributed by atoms with van der Waals surface area (Å²) < 4.78 is 10.5. The maximum Gasteiger partial charge on any atom is 0.315 e. The third kappa shape index (κ3) is 2.13. The Labute approximate surface area is 139 Å². The van der Waals surface area contributed by atoms with Gasteiger partial charge in [0.1, 0.15) is 0 Å². The summed E-state index contributed by atoms with van der Waals surface area (Å²) in [5.41, 5.74) is 5.10. The molecule has 8 heteroatoms. The second-order valence-electron chi connectivity index (χ2n) is 6.43. The molecule has 4 aliphatic rings. The van der Waals surface area contributed by atoms with Gasteiger partial charge < -0.3 is 14.9 Å². The zero-order chi connectivity index (χ0) is 16.8. The third-order valence-electron chi connectivity index (χ3n) is 5.33. The van der Waals surface area contributed by atoms with Crippen molar-refractivity contribution in [2.45, 2.75) is 24.9 Å². The van der Waals surface area contributed by atoms with E-state index in [0.717, 1.165) is 31.5 Å². The lowest BCUT2D eigenvalue weighted by Crippen LogP contribution is -2.56. The number of hydrogen-bond acceptors (Lipinski definition) is 7. The molecule has 8 nitrogen and oxygen atoms in total. The van der Waals surface area contributed by atoms with E-state index in [9.17, 15) is 10.1 Å². The number of hydrazone groups is 1. The second-order valence-corrected chi connectivity index (χ2v) is 6.43. The summed E-state index contributed by atoms with van der Waals surface area (Å²) >= 11 is 0. The van der Waals surface area contributed by atoms with Crippen LogP contribution in [0.1, 0.15) is 24.4 Å². The second kappa shape index (κ2) is 5.62. The minimum atomic E-state index is -0.436. The average Bonchev–Trinajstić information content (AvgIpc) is 3.08. The molecular weight excluding hydrogens is 312 g/mol. The summed E-state index contributed by atoms with van der Waals surface area (Å²) in [5, 5.41) is 16.0. The molecule has 0 aliphatic carbocycles. The molecule has 2 unspecified atom stereocenters. The number of nitro groups is 1. The average molecular weight is 332 g/mol. The molecule has 3 fully saturated rings. The van der Waals surface area contributed by atoms with Gasteiger partial charge in [0.25, 0.3) is 0 Å². The maximum absolute atomic E-state index is 11.4. The zero-order valence-corrected chi connectivity index (χ0v) is 13.7. The standard InChI is InChI=1S/C16H20N4O4/c1-23-12-8-10(7-11(20(21)22)16(12)24-2)14-15-13(17-18-14)9-3-5-19(15)6-4-9/h7-9,14-15,18H,3-6H2,1-2H3. The van der Waals surface area contributed by atoms with Gasteiger partial charge >= 0.3 is 5.69 Å². The summed E-state index contributed by atoms with van der Waals surface area (Å²) in [7, 11) is 2.90. The first-order valence-electron chi connectivity index (χ1n) is 8.11. The molecule has 5 rings (SSSR count). The van der Waals surface area contributed by atoms with Crippen LogP contribution in [0.25, 0.3) is 0 Å². The minimum absolute atomic E-state index is 0.0851. The Balaban J connectivity index is 1.75. The quantitative estimate of drug-likeness (QED) is 0.667. The molecule has 2 bridgehead atoms. The van der Waals surface area contributed by atoms with Crippen molar-refractivity contribution in [1.82, 2.24) is 10.3 Å². The first kappa shape index (κ1) is 15.2. The van der Waals surface area contributed by atoms with Gasteiger partial charge in [0, 0.05) is 12.0 Å². The van der Waals surface area contributed by atoms with Crippen molar-refractivity contribution in [2.24, 2.45) is 11.0 Å². The Kier molecular flexibility index (Phi) is 3.56. The summed E-state index contributed by atoms with van der Waals surface area (Å²) in [6, 6.07) is 3.46. The Morgan fingerprint density at radius 3 is 2.67 bits per heavy atom. The van der Waals surface area contributed by atoms with Gasteiger partial charge in [-0.05, 0) is 37.6 Å². The van der Waals surface area contributed by atoms with E-state index in [4.69, 9.17) is 9.47 Å². The summed E-state index contributed by atoms with van der Waals surface area (Å²) in [6.07, 6.45) is 2.30. The highest BCUT2D eigenvalue weighted by Crippen LogP contribution is 2.44. The predicted molar refractivity (Wildman–Crippen MR) is 87.6 cm³/mol. The fraction of sp³-hybridized carbons (Fsp3) is 0.562. The molecule has 0 radical (unpaired) electrons. The predicted octanol–water partition coefficient (Wildman–Crippen LogP) is 1.71. The van der Waals surface area contributed by atoms with E-state index in [1.54, 1.807) is 6.07 Å². The highest BCUT2D eigenvalue weighted by atomic mass is 16.6. The van der Waals surface area contributed by atoms with Crippen LogP contribution in [0.15, 0.2) is 17.2 Å². The van der Waals surface area contributed by atoms with Crippen LogP contribution >= 0.6 is 0 Å². The van der Waals surface area contributed by atoms with Gasteiger partial charge in [-0.3, -0.25) is 15.0 Å². The van der Waals surface area contributed by atoms with Crippen molar-refractivity contribution < 1.29 is 14.4 Å². The number of benzene rings is 1. The van der Waals surface area contributed by atoms with Gasteiger partial charge in [0.15, 0.2) is 5.75 Å². The topological polar surface area (TPSA) is 89.2 Å². The molecule has 0 amide bonds. The van der Waals surface area contributed by atoms with Crippen molar-refractivity contribution in [3.05, 3.63) is 27.8 Å². The van der Waals surface area contributed by atoms with E-state index in [0.29, 0.717) is 11.7 Å². The van der Waals surface area contributed by atoms with Crippen LogP contribution in [0.3, 0.4) is 0 Å². The number of rotatable bonds is 4. The largest absolute Gasteiger partial charge is 0.493 e. The van der Waals surface area contributed by atoms with E-state index in [-0.39, 0.29) is 23.5 Å². The van der Waals surface area contributed by atoms with E-state index in [2.05, 4.69) is 15.4 Å². The maximum atomic E-state index is 11.4. The molecule has 0 spiro atoms. The molecule has 2 atom stereocenters. The molecule has 24 heavy (non-hydrogen) atoms. The number of methoxy groups -OCH3 is 2. The van der Waals surface area contributed by atoms with Gasteiger partial charge in [-0.1, -0.05) is 0 Å². The van der Waals surface area contributed by atoms with E-state index >= 15 is 0 Å². The highest BCUT2D eigenvalue weighted by molar-refractivity contribution is 5.95. The Morgan fingerprint density at radius 2 is 2.04 bits per heavy atom. The molecular formula is C16H20N4O4. The highest BCUT2D eigenvalue weighted by Gasteiger charge is 2.47. The molecule has 4 aliphatic heterocycles. The van der Waals surface area contributed by atoms with Crippen molar-refractivity contribution in [3.63, 3.8) is 0 Å². The Bertz CT molecular complexity index is 712. The van der Waals surface area contributed by atoms with Gasteiger partial charge in [-0.15, -0.1) is 0 Å². The molecule has 128 valence electrons. The zero-order valence-electron chi connectivity index (χ0n) is 13.7. The van der Waals surface area contributed by atoms with Gasteiger partial charge in [-0.2, -0.15) is 5.10 Å². The number of fused-ring (bicyclic) bond motifs is 2. The van der Waals surface area contributed by atoms with Crippen LogP contribution in [-0.4, -0.2) is 48.9 Å². The summed E-state index contributed by atoms with van der Waals surface area (Å²) in [5.74, 6) is 1.05. The number of nitro benzene ring substituents is 1. The van der Waals surface area contributed by atoms with Crippen molar-refractivity contribution >= 4 is 11.4 Å². The summed E-state index contributed by atoms with van der Waals surface area (Å²) in [6.45, 7) is 2.11. The fourth-order valence-electron chi connectivity index (χ4n) is 4.19. The molecule has 4 heterocycles.